The molecule has 15 heavy (non-hydrogen) atoms. The smallest absolute Gasteiger partial charge is 0.308 e. The number of aliphatic carboxylic acids is 1. The van der Waals surface area contributed by atoms with Gasteiger partial charge in [-0.1, -0.05) is 13.3 Å². The normalized spacial score (nSPS) is 12.1. The topological polar surface area (TPSA) is 75.1 Å². The number of aromatic nitrogens is 2. The van der Waals surface area contributed by atoms with Gasteiger partial charge in [0, 0.05) is 18.9 Å². The molecule has 1 aromatic heterocycles. The number of carbonyl (C=O) groups is 1. The molecule has 1 heterocycles. The summed E-state index contributed by atoms with van der Waals surface area (Å²) in [6.45, 7) is 2.36. The van der Waals surface area contributed by atoms with Crippen molar-refractivity contribution in [3.05, 3.63) is 18.6 Å². The molecule has 0 radical (unpaired) electrons. The second kappa shape index (κ2) is 5.95. The largest absolute Gasteiger partial charge is 0.481 e. The van der Waals surface area contributed by atoms with Crippen molar-refractivity contribution in [2.24, 2.45) is 5.92 Å². The first-order valence-corrected chi connectivity index (χ1v) is 4.96. The maximum Gasteiger partial charge on any atom is 0.308 e. The summed E-state index contributed by atoms with van der Waals surface area (Å²) in [6, 6.07) is 0. The van der Waals surface area contributed by atoms with E-state index in [1.165, 1.54) is 0 Å². The van der Waals surface area contributed by atoms with Gasteiger partial charge in [0.15, 0.2) is 0 Å². The molecule has 0 amide bonds. The van der Waals surface area contributed by atoms with Crippen molar-refractivity contribution in [2.45, 2.75) is 19.8 Å². The van der Waals surface area contributed by atoms with Crippen LogP contribution < -0.4 is 5.32 Å². The number of hydrogen-bond donors (Lipinski definition) is 2. The average molecular weight is 209 g/mol. The third kappa shape index (κ3) is 3.93. The zero-order chi connectivity index (χ0) is 11.1. The highest BCUT2D eigenvalue weighted by Crippen LogP contribution is 2.08. The molecule has 1 unspecified atom stereocenters. The predicted molar refractivity (Wildman–Crippen MR) is 56.6 cm³/mol. The van der Waals surface area contributed by atoms with Crippen LogP contribution in [0.3, 0.4) is 0 Å². The molecule has 1 rings (SSSR count). The first-order valence-electron chi connectivity index (χ1n) is 4.96. The fourth-order valence-electron chi connectivity index (χ4n) is 1.28. The van der Waals surface area contributed by atoms with Crippen LogP contribution in [0.4, 0.5) is 5.82 Å². The summed E-state index contributed by atoms with van der Waals surface area (Å²) in [6.07, 6.45) is 6.25. The third-order valence-corrected chi connectivity index (χ3v) is 2.08. The van der Waals surface area contributed by atoms with E-state index >= 15 is 0 Å². The molecule has 82 valence electrons. The Morgan fingerprint density at radius 2 is 2.40 bits per heavy atom. The highest BCUT2D eigenvalue weighted by atomic mass is 16.4. The first-order chi connectivity index (χ1) is 7.24. The highest BCUT2D eigenvalue weighted by molar-refractivity contribution is 5.70. The second-order valence-electron chi connectivity index (χ2n) is 3.30. The van der Waals surface area contributed by atoms with E-state index in [1.54, 1.807) is 18.6 Å². The minimum atomic E-state index is -0.770. The van der Waals surface area contributed by atoms with Crippen molar-refractivity contribution >= 4 is 11.8 Å². The molecule has 0 saturated carbocycles. The first kappa shape index (κ1) is 11.4. The summed E-state index contributed by atoms with van der Waals surface area (Å²) in [5, 5.41) is 11.9. The molecular weight excluding hydrogens is 194 g/mol. The molecule has 5 nitrogen and oxygen atoms in total. The molecule has 1 aromatic rings. The standard InChI is InChI=1S/C10H15N3O2/c1-2-3-8(10(14)15)6-13-9-7-11-4-5-12-9/h4-5,7-8H,2-3,6H2,1H3,(H,12,13)(H,14,15). The molecule has 0 fully saturated rings. The fourth-order valence-corrected chi connectivity index (χ4v) is 1.28. The van der Waals surface area contributed by atoms with Crippen LogP contribution in [-0.2, 0) is 4.79 Å². The average Bonchev–Trinajstić information content (AvgIpc) is 2.25. The van der Waals surface area contributed by atoms with Gasteiger partial charge in [-0.3, -0.25) is 9.78 Å². The molecule has 0 aromatic carbocycles. The molecule has 0 aliphatic rings. The molecule has 0 spiro atoms. The van der Waals surface area contributed by atoms with Gasteiger partial charge in [0.25, 0.3) is 0 Å². The lowest BCUT2D eigenvalue weighted by Gasteiger charge is -2.12. The van der Waals surface area contributed by atoms with Gasteiger partial charge in [-0.05, 0) is 6.42 Å². The van der Waals surface area contributed by atoms with E-state index in [0.29, 0.717) is 18.8 Å². The minimum Gasteiger partial charge on any atom is -0.481 e. The molecule has 0 bridgehead atoms. The summed E-state index contributed by atoms with van der Waals surface area (Å²) < 4.78 is 0. The third-order valence-electron chi connectivity index (χ3n) is 2.08. The van der Waals surface area contributed by atoms with Crippen LogP contribution in [0.5, 0.6) is 0 Å². The summed E-state index contributed by atoms with van der Waals surface area (Å²) in [5.41, 5.74) is 0. The van der Waals surface area contributed by atoms with Gasteiger partial charge in [0.05, 0.1) is 12.1 Å². The van der Waals surface area contributed by atoms with E-state index in [2.05, 4.69) is 15.3 Å². The number of rotatable bonds is 6. The fraction of sp³-hybridized carbons (Fsp3) is 0.500. The second-order valence-corrected chi connectivity index (χ2v) is 3.30. The van der Waals surface area contributed by atoms with Gasteiger partial charge in [-0.25, -0.2) is 4.98 Å². The van der Waals surface area contributed by atoms with Gasteiger partial charge in [0.1, 0.15) is 5.82 Å². The van der Waals surface area contributed by atoms with Crippen LogP contribution in [0, 0.1) is 5.92 Å². The van der Waals surface area contributed by atoms with E-state index in [0.717, 1.165) is 6.42 Å². The summed E-state index contributed by atoms with van der Waals surface area (Å²) >= 11 is 0. The highest BCUT2D eigenvalue weighted by Gasteiger charge is 2.15. The Morgan fingerprint density at radius 3 is 2.93 bits per heavy atom. The molecular formula is C10H15N3O2. The lowest BCUT2D eigenvalue weighted by molar-refractivity contribution is -0.141. The molecule has 0 aliphatic heterocycles. The number of nitrogens with zero attached hydrogens (tertiary/aromatic N) is 2. The molecule has 1 atom stereocenters. The van der Waals surface area contributed by atoms with Crippen molar-refractivity contribution in [1.29, 1.82) is 0 Å². The lowest BCUT2D eigenvalue weighted by Crippen LogP contribution is -2.23. The monoisotopic (exact) mass is 209 g/mol. The van der Waals surface area contributed by atoms with Crippen molar-refractivity contribution in [1.82, 2.24) is 9.97 Å². The van der Waals surface area contributed by atoms with Crippen LogP contribution >= 0.6 is 0 Å². The van der Waals surface area contributed by atoms with Gasteiger partial charge >= 0.3 is 5.97 Å². The zero-order valence-electron chi connectivity index (χ0n) is 8.68. The zero-order valence-corrected chi connectivity index (χ0v) is 8.68. The summed E-state index contributed by atoms with van der Waals surface area (Å²) in [7, 11) is 0. The SMILES string of the molecule is CCCC(CNc1cnccn1)C(=O)O. The van der Waals surface area contributed by atoms with Gasteiger partial charge in [0.2, 0.25) is 0 Å². The molecule has 5 heteroatoms. The van der Waals surface area contributed by atoms with Gasteiger partial charge < -0.3 is 10.4 Å². The number of anilines is 1. The van der Waals surface area contributed by atoms with Crippen LogP contribution in [0.1, 0.15) is 19.8 Å². The van der Waals surface area contributed by atoms with Crippen molar-refractivity contribution in [3.63, 3.8) is 0 Å². The summed E-state index contributed by atoms with van der Waals surface area (Å²) in [5.74, 6) is -0.523. The van der Waals surface area contributed by atoms with E-state index in [-0.39, 0.29) is 5.92 Å². The Hall–Kier alpha value is -1.65. The van der Waals surface area contributed by atoms with Crippen LogP contribution in [0.25, 0.3) is 0 Å². The van der Waals surface area contributed by atoms with Crippen LogP contribution in [-0.4, -0.2) is 27.6 Å². The van der Waals surface area contributed by atoms with E-state index in [1.807, 2.05) is 6.92 Å². The molecule has 0 aliphatic carbocycles. The van der Waals surface area contributed by atoms with Gasteiger partial charge in [-0.15, -0.1) is 0 Å². The molecule has 0 saturated heterocycles. The van der Waals surface area contributed by atoms with Crippen molar-refractivity contribution in [3.8, 4) is 0 Å². The van der Waals surface area contributed by atoms with Crippen LogP contribution in [0.15, 0.2) is 18.6 Å². The Kier molecular flexibility index (Phi) is 4.53. The number of nitrogens with one attached hydrogen (secondary N) is 1. The van der Waals surface area contributed by atoms with E-state index < -0.39 is 5.97 Å². The predicted octanol–water partition coefficient (Wildman–Crippen LogP) is 1.39. The number of carboxylic acid groups (broad SMARTS) is 1. The van der Waals surface area contributed by atoms with Crippen LogP contribution in [0.2, 0.25) is 0 Å². The Bertz CT molecular complexity index is 303. The Balaban J connectivity index is 2.43. The van der Waals surface area contributed by atoms with Gasteiger partial charge in [-0.2, -0.15) is 0 Å². The maximum absolute atomic E-state index is 10.8. The number of hydrogen-bond acceptors (Lipinski definition) is 4. The maximum atomic E-state index is 10.8. The lowest BCUT2D eigenvalue weighted by atomic mass is 10.0. The van der Waals surface area contributed by atoms with E-state index in [9.17, 15) is 4.79 Å². The summed E-state index contributed by atoms with van der Waals surface area (Å²) in [4.78, 5) is 18.7. The Labute approximate surface area is 88.6 Å². The molecule has 2 N–H and O–H groups in total. The van der Waals surface area contributed by atoms with Crippen molar-refractivity contribution in [2.75, 3.05) is 11.9 Å². The van der Waals surface area contributed by atoms with Crippen molar-refractivity contribution < 1.29 is 9.90 Å². The minimum absolute atomic E-state index is 0.364. The Morgan fingerprint density at radius 1 is 1.60 bits per heavy atom. The van der Waals surface area contributed by atoms with E-state index in [4.69, 9.17) is 5.11 Å². The quantitative estimate of drug-likeness (QED) is 0.740. The number of carboxylic acids is 1.